The van der Waals surface area contributed by atoms with Crippen LogP contribution in [0.3, 0.4) is 0 Å². The molecule has 6 nitrogen and oxygen atoms in total. The maximum atomic E-state index is 11.5. The molecule has 1 aromatic carbocycles. The number of rotatable bonds is 8. The molecule has 0 atom stereocenters. The van der Waals surface area contributed by atoms with Gasteiger partial charge >= 0.3 is 0 Å². The van der Waals surface area contributed by atoms with Gasteiger partial charge in [0.05, 0.1) is 14.2 Å². The van der Waals surface area contributed by atoms with Crippen LogP contribution in [0.2, 0.25) is 0 Å². The third-order valence-corrected chi connectivity index (χ3v) is 2.65. The molecule has 20 heavy (non-hydrogen) atoms. The molecule has 0 unspecified atom stereocenters. The molecule has 0 saturated carbocycles. The molecule has 0 saturated heterocycles. The van der Waals surface area contributed by atoms with E-state index >= 15 is 0 Å². The van der Waals surface area contributed by atoms with Crippen molar-refractivity contribution in [2.75, 3.05) is 20.8 Å². The number of nitro groups is 1. The van der Waals surface area contributed by atoms with E-state index in [0.29, 0.717) is 11.5 Å². The van der Waals surface area contributed by atoms with Gasteiger partial charge in [-0.15, -0.1) is 0 Å². The molecular formula is C14H17NO5. The topological polar surface area (TPSA) is 78.7 Å². The lowest BCUT2D eigenvalue weighted by Gasteiger charge is -2.07. The summed E-state index contributed by atoms with van der Waals surface area (Å²) in [5.74, 6) is 1.11. The molecule has 108 valence electrons. The second-order valence-corrected chi connectivity index (χ2v) is 4.07. The molecule has 0 spiro atoms. The normalized spacial score (nSPS) is 10.5. The van der Waals surface area contributed by atoms with Gasteiger partial charge < -0.3 is 9.47 Å². The Balaban J connectivity index is 2.65. The first-order chi connectivity index (χ1) is 9.56. The van der Waals surface area contributed by atoms with Crippen LogP contribution in [0.5, 0.6) is 11.5 Å². The molecule has 6 heteroatoms. The number of ether oxygens (including phenoxy) is 2. The van der Waals surface area contributed by atoms with Crippen LogP contribution in [0.25, 0.3) is 6.08 Å². The van der Waals surface area contributed by atoms with Crippen LogP contribution >= 0.6 is 0 Å². The lowest BCUT2D eigenvalue weighted by molar-refractivity contribution is -0.480. The summed E-state index contributed by atoms with van der Waals surface area (Å²) in [7, 11) is 3.09. The van der Waals surface area contributed by atoms with E-state index in [-0.39, 0.29) is 25.2 Å². The fourth-order valence-corrected chi connectivity index (χ4v) is 1.60. The van der Waals surface area contributed by atoms with Crippen molar-refractivity contribution in [1.82, 2.24) is 0 Å². The number of benzene rings is 1. The smallest absolute Gasteiger partial charge is 0.204 e. The van der Waals surface area contributed by atoms with Crippen molar-refractivity contribution in [3.05, 3.63) is 40.0 Å². The molecule has 0 fully saturated rings. The number of hydrogen-bond donors (Lipinski definition) is 0. The van der Waals surface area contributed by atoms with Crippen LogP contribution in [0.4, 0.5) is 0 Å². The monoisotopic (exact) mass is 279 g/mol. The Labute approximate surface area is 117 Å². The van der Waals surface area contributed by atoms with Gasteiger partial charge in [-0.3, -0.25) is 14.9 Å². The van der Waals surface area contributed by atoms with E-state index in [1.54, 1.807) is 31.4 Å². The first-order valence-corrected chi connectivity index (χ1v) is 6.11. The Bertz CT molecular complexity index is 510. The van der Waals surface area contributed by atoms with E-state index in [4.69, 9.17) is 9.47 Å². The summed E-state index contributed by atoms with van der Waals surface area (Å²) in [5, 5.41) is 10.2. The first kappa shape index (κ1) is 15.7. The van der Waals surface area contributed by atoms with Gasteiger partial charge in [-0.2, -0.15) is 0 Å². The minimum Gasteiger partial charge on any atom is -0.497 e. The van der Waals surface area contributed by atoms with Gasteiger partial charge in [0.15, 0.2) is 5.78 Å². The van der Waals surface area contributed by atoms with Crippen molar-refractivity contribution in [1.29, 1.82) is 0 Å². The highest BCUT2D eigenvalue weighted by atomic mass is 16.6. The molecule has 1 aromatic rings. The lowest BCUT2D eigenvalue weighted by atomic mass is 10.1. The summed E-state index contributed by atoms with van der Waals surface area (Å²) in [5.41, 5.74) is 0.746. The van der Waals surface area contributed by atoms with E-state index < -0.39 is 4.92 Å². The zero-order valence-corrected chi connectivity index (χ0v) is 11.5. The van der Waals surface area contributed by atoms with Crippen LogP contribution in [0.15, 0.2) is 24.3 Å². The second kappa shape index (κ2) is 7.93. The summed E-state index contributed by atoms with van der Waals surface area (Å²) >= 11 is 0. The SMILES string of the molecule is COc1ccc(C=CC(=O)CCC[N+](=O)[O-])c(OC)c1. The van der Waals surface area contributed by atoms with E-state index in [0.717, 1.165) is 5.56 Å². The molecule has 0 aliphatic rings. The van der Waals surface area contributed by atoms with Crippen molar-refractivity contribution < 1.29 is 19.2 Å². The minimum absolute atomic E-state index is 0.148. The molecule has 0 aliphatic carbocycles. The maximum Gasteiger partial charge on any atom is 0.204 e. The van der Waals surface area contributed by atoms with Crippen molar-refractivity contribution >= 4 is 11.9 Å². The number of carbonyl (C=O) groups is 1. The molecule has 0 bridgehead atoms. The quantitative estimate of drug-likeness (QED) is 0.414. The van der Waals surface area contributed by atoms with Gasteiger partial charge in [0.1, 0.15) is 11.5 Å². The molecule has 0 N–H and O–H groups in total. The van der Waals surface area contributed by atoms with E-state index in [2.05, 4.69) is 0 Å². The molecule has 0 aromatic heterocycles. The minimum atomic E-state index is -0.427. The zero-order chi connectivity index (χ0) is 15.0. The molecule has 0 amide bonds. The van der Waals surface area contributed by atoms with Crippen molar-refractivity contribution in [3.8, 4) is 11.5 Å². The standard InChI is InChI=1S/C14H17NO5/c1-19-13-8-6-11(14(10-13)20-2)5-7-12(16)4-3-9-15(17)18/h5-8,10H,3-4,9H2,1-2H3. The summed E-state index contributed by atoms with van der Waals surface area (Å²) in [4.78, 5) is 21.3. The molecule has 1 rings (SSSR count). The first-order valence-electron chi connectivity index (χ1n) is 6.11. The van der Waals surface area contributed by atoms with E-state index in [1.165, 1.54) is 13.2 Å². The maximum absolute atomic E-state index is 11.5. The van der Waals surface area contributed by atoms with Gasteiger partial charge in [-0.05, 0) is 24.3 Å². The highest BCUT2D eigenvalue weighted by Crippen LogP contribution is 2.25. The van der Waals surface area contributed by atoms with Gasteiger partial charge in [0, 0.05) is 29.4 Å². The van der Waals surface area contributed by atoms with E-state index in [9.17, 15) is 14.9 Å². The molecule has 0 radical (unpaired) electrons. The third kappa shape index (κ3) is 5.09. The highest BCUT2D eigenvalue weighted by Gasteiger charge is 2.04. The van der Waals surface area contributed by atoms with Crippen LogP contribution < -0.4 is 9.47 Å². The van der Waals surface area contributed by atoms with Crippen molar-refractivity contribution in [2.45, 2.75) is 12.8 Å². The Kier molecular flexibility index (Phi) is 6.22. The average Bonchev–Trinajstić information content (AvgIpc) is 2.44. The summed E-state index contributed by atoms with van der Waals surface area (Å²) in [6, 6.07) is 5.26. The number of hydrogen-bond acceptors (Lipinski definition) is 5. The number of allylic oxidation sites excluding steroid dienone is 1. The van der Waals surface area contributed by atoms with Crippen molar-refractivity contribution in [3.63, 3.8) is 0 Å². The fourth-order valence-electron chi connectivity index (χ4n) is 1.60. The number of nitrogens with zero attached hydrogens (tertiary/aromatic N) is 1. The Morgan fingerprint density at radius 2 is 2.10 bits per heavy atom. The van der Waals surface area contributed by atoms with Crippen LogP contribution in [0.1, 0.15) is 18.4 Å². The van der Waals surface area contributed by atoms with Crippen LogP contribution in [0, 0.1) is 10.1 Å². The van der Waals surface area contributed by atoms with Gasteiger partial charge in [0.25, 0.3) is 0 Å². The molecular weight excluding hydrogens is 262 g/mol. The average molecular weight is 279 g/mol. The lowest BCUT2D eigenvalue weighted by Crippen LogP contribution is -2.03. The fraction of sp³-hybridized carbons (Fsp3) is 0.357. The Morgan fingerprint density at radius 3 is 2.70 bits per heavy atom. The summed E-state index contributed by atoms with van der Waals surface area (Å²) in [6.45, 7) is -0.189. The molecule has 0 heterocycles. The van der Waals surface area contributed by atoms with Crippen LogP contribution in [-0.4, -0.2) is 31.5 Å². The molecule has 0 aliphatic heterocycles. The Morgan fingerprint density at radius 1 is 1.35 bits per heavy atom. The summed E-state index contributed by atoms with van der Waals surface area (Å²) in [6.07, 6.45) is 3.45. The zero-order valence-electron chi connectivity index (χ0n) is 11.5. The number of methoxy groups -OCH3 is 2. The van der Waals surface area contributed by atoms with Gasteiger partial charge in [0.2, 0.25) is 6.54 Å². The number of carbonyl (C=O) groups excluding carboxylic acids is 1. The van der Waals surface area contributed by atoms with Gasteiger partial charge in [-0.25, -0.2) is 0 Å². The predicted octanol–water partition coefficient (Wildman–Crippen LogP) is 2.34. The van der Waals surface area contributed by atoms with Gasteiger partial charge in [-0.1, -0.05) is 0 Å². The Hall–Kier alpha value is -2.37. The third-order valence-electron chi connectivity index (χ3n) is 2.65. The second-order valence-electron chi connectivity index (χ2n) is 4.07. The highest BCUT2D eigenvalue weighted by molar-refractivity contribution is 5.93. The van der Waals surface area contributed by atoms with E-state index in [1.807, 2.05) is 0 Å². The summed E-state index contributed by atoms with van der Waals surface area (Å²) < 4.78 is 10.3. The predicted molar refractivity (Wildman–Crippen MR) is 74.7 cm³/mol. The van der Waals surface area contributed by atoms with Crippen molar-refractivity contribution in [2.24, 2.45) is 0 Å². The van der Waals surface area contributed by atoms with Crippen LogP contribution in [-0.2, 0) is 4.79 Å². The largest absolute Gasteiger partial charge is 0.497 e. The number of ketones is 1.